The van der Waals surface area contributed by atoms with Crippen LogP contribution in [0.3, 0.4) is 0 Å². The maximum absolute atomic E-state index is 11.1. The van der Waals surface area contributed by atoms with Gasteiger partial charge < -0.3 is 25.7 Å². The molecule has 1 amide bonds. The van der Waals surface area contributed by atoms with Crippen LogP contribution >= 0.6 is 0 Å². The molecule has 1 saturated carbocycles. The molecule has 0 saturated heterocycles. The highest BCUT2D eigenvalue weighted by Crippen LogP contribution is 2.32. The van der Waals surface area contributed by atoms with Crippen LogP contribution in [0.5, 0.6) is 5.75 Å². The van der Waals surface area contributed by atoms with Gasteiger partial charge in [0.2, 0.25) is 5.91 Å². The van der Waals surface area contributed by atoms with Crippen LogP contribution in [-0.2, 0) is 29.2 Å². The summed E-state index contributed by atoms with van der Waals surface area (Å²) in [6.07, 6.45) is 3.65. The average molecular weight is 473 g/mol. The fraction of sp³-hybridized carbons (Fsp3) is 0.214. The maximum Gasteiger partial charge on any atom is 0.307 e. The van der Waals surface area contributed by atoms with Gasteiger partial charge in [0.05, 0.1) is 12.7 Å². The largest absolute Gasteiger partial charge is 0.489 e. The number of nitrogens with two attached hydrogens (primary N) is 2. The van der Waals surface area contributed by atoms with Crippen molar-refractivity contribution in [1.29, 1.82) is 0 Å². The van der Waals surface area contributed by atoms with E-state index >= 15 is 0 Å². The van der Waals surface area contributed by atoms with Gasteiger partial charge in [0, 0.05) is 29.0 Å². The van der Waals surface area contributed by atoms with Gasteiger partial charge in [-0.1, -0.05) is 36.4 Å². The van der Waals surface area contributed by atoms with Crippen molar-refractivity contribution in [3.8, 4) is 16.9 Å². The maximum atomic E-state index is 11.1. The molecule has 5 rings (SSSR count). The fourth-order valence-electron chi connectivity index (χ4n) is 3.79. The molecule has 5 N–H and O–H groups in total. The summed E-state index contributed by atoms with van der Waals surface area (Å²) in [5, 5.41) is 10.1. The first-order chi connectivity index (χ1) is 16.9. The molecule has 1 aliphatic carbocycles. The molecule has 0 atom stereocenters. The number of carboxylic acids is 1. The Morgan fingerprint density at radius 3 is 2.49 bits per heavy atom. The topological polar surface area (TPSA) is 129 Å². The van der Waals surface area contributed by atoms with Crippen molar-refractivity contribution in [3.05, 3.63) is 89.7 Å². The minimum Gasteiger partial charge on any atom is -0.489 e. The molecule has 0 bridgehead atoms. The number of carbonyl (C=O) groups is 2. The molecule has 0 unspecified atom stereocenters. The standard InChI is InChI=1S/C24H21NO4.C4H7NO/c25-14-16-4-3-6-18(10-16)21-12-17(11-20-8-9-28-24(20)21)15-29-22-7-2-1-5-19(22)13-23(26)27;5-4(6)3-1-2-3/h1-12H,13-15,25H2,(H,26,27);3H,1-2H2,(H2,5,6). The summed E-state index contributed by atoms with van der Waals surface area (Å²) in [6.45, 7) is 0.791. The number of ether oxygens (including phenoxy) is 1. The lowest BCUT2D eigenvalue weighted by molar-refractivity contribution is -0.136. The minimum absolute atomic E-state index is 0.0753. The molecule has 35 heavy (non-hydrogen) atoms. The third kappa shape index (κ3) is 6.28. The van der Waals surface area contributed by atoms with Crippen LogP contribution in [0.1, 0.15) is 29.5 Å². The second-order valence-electron chi connectivity index (χ2n) is 8.53. The van der Waals surface area contributed by atoms with Crippen molar-refractivity contribution in [3.63, 3.8) is 0 Å². The lowest BCUT2D eigenvalue weighted by Gasteiger charge is -2.12. The number of aliphatic carboxylic acids is 1. The van der Waals surface area contributed by atoms with Crippen LogP contribution in [-0.4, -0.2) is 17.0 Å². The second kappa shape index (κ2) is 10.9. The highest BCUT2D eigenvalue weighted by atomic mass is 16.5. The molecule has 0 aliphatic heterocycles. The summed E-state index contributed by atoms with van der Waals surface area (Å²) in [5.74, 6) is -0.197. The summed E-state index contributed by atoms with van der Waals surface area (Å²) < 4.78 is 11.7. The molecule has 1 heterocycles. The van der Waals surface area contributed by atoms with Crippen molar-refractivity contribution in [2.45, 2.75) is 32.4 Å². The number of para-hydroxylation sites is 1. The van der Waals surface area contributed by atoms with E-state index in [1.165, 1.54) is 0 Å². The number of benzene rings is 3. The van der Waals surface area contributed by atoms with Gasteiger partial charge in [-0.25, -0.2) is 0 Å². The molecule has 1 aromatic heterocycles. The first-order valence-electron chi connectivity index (χ1n) is 11.5. The normalized spacial score (nSPS) is 12.6. The van der Waals surface area contributed by atoms with Gasteiger partial charge >= 0.3 is 5.97 Å². The SMILES string of the molecule is NC(=O)C1CC1.NCc1cccc(-c2cc(COc3ccccc3CC(=O)O)cc3ccoc23)c1. The summed E-state index contributed by atoms with van der Waals surface area (Å²) >= 11 is 0. The number of rotatable bonds is 8. The molecule has 7 nitrogen and oxygen atoms in total. The smallest absolute Gasteiger partial charge is 0.307 e. The van der Waals surface area contributed by atoms with Crippen molar-refractivity contribution < 1.29 is 23.8 Å². The van der Waals surface area contributed by atoms with Crippen LogP contribution in [0.4, 0.5) is 0 Å². The van der Waals surface area contributed by atoms with Crippen molar-refractivity contribution in [2.24, 2.45) is 17.4 Å². The Balaban J connectivity index is 0.000000421. The lowest BCUT2D eigenvalue weighted by atomic mass is 9.99. The number of hydrogen-bond donors (Lipinski definition) is 3. The molecular formula is C28H28N2O5. The second-order valence-corrected chi connectivity index (χ2v) is 8.53. The van der Waals surface area contributed by atoms with E-state index in [4.69, 9.17) is 25.7 Å². The fourth-order valence-corrected chi connectivity index (χ4v) is 3.79. The number of carbonyl (C=O) groups excluding carboxylic acids is 1. The third-order valence-electron chi connectivity index (χ3n) is 5.77. The van der Waals surface area contributed by atoms with Crippen LogP contribution in [0, 0.1) is 5.92 Å². The van der Waals surface area contributed by atoms with Crippen LogP contribution in [0.2, 0.25) is 0 Å². The zero-order valence-corrected chi connectivity index (χ0v) is 19.3. The van der Waals surface area contributed by atoms with E-state index in [1.54, 1.807) is 18.4 Å². The van der Waals surface area contributed by atoms with Crippen molar-refractivity contribution >= 4 is 22.8 Å². The summed E-state index contributed by atoms with van der Waals surface area (Å²) in [5.41, 5.74) is 16.1. The van der Waals surface area contributed by atoms with Gasteiger partial charge in [0.1, 0.15) is 17.9 Å². The van der Waals surface area contributed by atoms with Gasteiger partial charge in [-0.15, -0.1) is 0 Å². The first-order valence-corrected chi connectivity index (χ1v) is 11.5. The lowest BCUT2D eigenvalue weighted by Crippen LogP contribution is -2.11. The highest BCUT2D eigenvalue weighted by Gasteiger charge is 2.26. The van der Waals surface area contributed by atoms with Crippen LogP contribution < -0.4 is 16.2 Å². The molecular weight excluding hydrogens is 444 g/mol. The molecule has 1 fully saturated rings. The summed E-state index contributed by atoms with van der Waals surface area (Å²) in [4.78, 5) is 21.1. The number of primary amides is 1. The Morgan fingerprint density at radius 2 is 1.80 bits per heavy atom. The number of hydrogen-bond acceptors (Lipinski definition) is 5. The summed E-state index contributed by atoms with van der Waals surface area (Å²) in [6, 6.07) is 21.3. The Morgan fingerprint density at radius 1 is 1.00 bits per heavy atom. The average Bonchev–Trinajstić information content (AvgIpc) is 3.61. The Bertz CT molecular complexity index is 1340. The zero-order valence-electron chi connectivity index (χ0n) is 19.3. The van der Waals surface area contributed by atoms with E-state index in [0.717, 1.165) is 46.1 Å². The highest BCUT2D eigenvalue weighted by molar-refractivity contribution is 5.93. The van der Waals surface area contributed by atoms with E-state index in [1.807, 2.05) is 48.5 Å². The third-order valence-corrected chi connectivity index (χ3v) is 5.77. The number of fused-ring (bicyclic) bond motifs is 1. The summed E-state index contributed by atoms with van der Waals surface area (Å²) in [7, 11) is 0. The van der Waals surface area contributed by atoms with Crippen LogP contribution in [0.15, 0.2) is 77.4 Å². The molecule has 1 aliphatic rings. The minimum atomic E-state index is -0.886. The van der Waals surface area contributed by atoms with E-state index in [-0.39, 0.29) is 18.2 Å². The number of carboxylic acid groups (broad SMARTS) is 1. The van der Waals surface area contributed by atoms with E-state index in [0.29, 0.717) is 24.5 Å². The van der Waals surface area contributed by atoms with Crippen LogP contribution in [0.25, 0.3) is 22.1 Å². The van der Waals surface area contributed by atoms with Crippen molar-refractivity contribution in [1.82, 2.24) is 0 Å². The quantitative estimate of drug-likeness (QED) is 0.342. The van der Waals surface area contributed by atoms with Gasteiger partial charge in [0.25, 0.3) is 0 Å². The number of furan rings is 1. The zero-order chi connectivity index (χ0) is 24.8. The Hall–Kier alpha value is -4.10. The van der Waals surface area contributed by atoms with Gasteiger partial charge in [-0.2, -0.15) is 0 Å². The first kappa shape index (κ1) is 24.0. The van der Waals surface area contributed by atoms with Gasteiger partial charge in [-0.3, -0.25) is 9.59 Å². The van der Waals surface area contributed by atoms with Crippen molar-refractivity contribution in [2.75, 3.05) is 0 Å². The van der Waals surface area contributed by atoms with E-state index in [9.17, 15) is 9.59 Å². The van der Waals surface area contributed by atoms with E-state index < -0.39 is 5.97 Å². The molecule has 3 aromatic carbocycles. The monoisotopic (exact) mass is 472 g/mol. The molecule has 180 valence electrons. The predicted molar refractivity (Wildman–Crippen MR) is 134 cm³/mol. The molecule has 0 spiro atoms. The molecule has 0 radical (unpaired) electrons. The predicted octanol–water partition coefficient (Wildman–Crippen LogP) is 4.65. The van der Waals surface area contributed by atoms with Gasteiger partial charge in [-0.05, 0) is 59.9 Å². The van der Waals surface area contributed by atoms with Gasteiger partial charge in [0.15, 0.2) is 0 Å². The molecule has 4 aromatic rings. The van der Waals surface area contributed by atoms with E-state index in [2.05, 4.69) is 6.07 Å². The Kier molecular flexibility index (Phi) is 7.48. The Labute approximate surface area is 203 Å². The molecule has 7 heteroatoms. The number of amides is 1.